The van der Waals surface area contributed by atoms with Gasteiger partial charge in [-0.2, -0.15) is 0 Å². The van der Waals surface area contributed by atoms with Crippen LogP contribution >= 0.6 is 0 Å². The van der Waals surface area contributed by atoms with Crippen molar-refractivity contribution in [2.45, 2.75) is 50.8 Å². The lowest BCUT2D eigenvalue weighted by Gasteiger charge is -2.21. The molecule has 0 heterocycles. The van der Waals surface area contributed by atoms with Crippen molar-refractivity contribution < 1.29 is 8.42 Å². The van der Waals surface area contributed by atoms with Gasteiger partial charge in [-0.15, -0.1) is 0 Å². The van der Waals surface area contributed by atoms with Gasteiger partial charge < -0.3 is 0 Å². The van der Waals surface area contributed by atoms with Crippen LogP contribution in [0.15, 0.2) is 48.5 Å². The van der Waals surface area contributed by atoms with Crippen LogP contribution in [-0.4, -0.2) is 8.42 Å². The van der Waals surface area contributed by atoms with Gasteiger partial charge in [0.1, 0.15) is 0 Å². The second-order valence-electron chi connectivity index (χ2n) is 6.56. The second kappa shape index (κ2) is 7.49. The lowest BCUT2D eigenvalue weighted by Crippen LogP contribution is -2.29. The van der Waals surface area contributed by atoms with Crippen LogP contribution in [0.4, 0.5) is 0 Å². The summed E-state index contributed by atoms with van der Waals surface area (Å²) in [5, 5.41) is 0. The molecule has 24 heavy (non-hydrogen) atoms. The summed E-state index contributed by atoms with van der Waals surface area (Å²) in [6, 6.07) is 15.6. The highest BCUT2D eigenvalue weighted by atomic mass is 32.2. The smallest absolute Gasteiger partial charge is 0.212 e. The Bertz CT molecular complexity index is 785. The maximum atomic E-state index is 12.5. The van der Waals surface area contributed by atoms with E-state index in [0.717, 1.165) is 30.4 Å². The molecule has 2 aromatic rings. The molecule has 0 saturated carbocycles. The molecule has 0 bridgehead atoms. The first-order valence-electron chi connectivity index (χ1n) is 8.73. The van der Waals surface area contributed by atoms with E-state index in [2.05, 4.69) is 22.9 Å². The SMILES string of the molecule is CC[C@@H](NS(=O)(=O)Cc1ccccc1)c1ccc2c(c1)CCCC2. The van der Waals surface area contributed by atoms with E-state index in [4.69, 9.17) is 0 Å². The minimum absolute atomic E-state index is 0.0231. The Morgan fingerprint density at radius 3 is 2.42 bits per heavy atom. The summed E-state index contributed by atoms with van der Waals surface area (Å²) in [7, 11) is -3.37. The van der Waals surface area contributed by atoms with Crippen molar-refractivity contribution in [3.8, 4) is 0 Å². The molecule has 128 valence electrons. The summed E-state index contributed by atoms with van der Waals surface area (Å²) in [4.78, 5) is 0. The van der Waals surface area contributed by atoms with Gasteiger partial charge >= 0.3 is 0 Å². The summed E-state index contributed by atoms with van der Waals surface area (Å²) in [5.41, 5.74) is 4.70. The summed E-state index contributed by atoms with van der Waals surface area (Å²) in [6.07, 6.45) is 5.48. The van der Waals surface area contributed by atoms with Crippen LogP contribution in [0.1, 0.15) is 54.5 Å². The summed E-state index contributed by atoms with van der Waals surface area (Å²) in [5.74, 6) is 0.0231. The van der Waals surface area contributed by atoms with Crippen LogP contribution in [-0.2, 0) is 28.6 Å². The van der Waals surface area contributed by atoms with E-state index in [1.54, 1.807) is 0 Å². The molecule has 0 fully saturated rings. The van der Waals surface area contributed by atoms with Crippen molar-refractivity contribution in [3.63, 3.8) is 0 Å². The lowest BCUT2D eigenvalue weighted by atomic mass is 9.89. The molecule has 1 aliphatic carbocycles. The number of benzene rings is 2. The Kier molecular flexibility index (Phi) is 5.36. The number of fused-ring (bicyclic) bond motifs is 1. The maximum absolute atomic E-state index is 12.5. The number of aryl methyl sites for hydroxylation is 2. The van der Waals surface area contributed by atoms with Crippen LogP contribution in [0.5, 0.6) is 0 Å². The lowest BCUT2D eigenvalue weighted by molar-refractivity contribution is 0.548. The van der Waals surface area contributed by atoms with Gasteiger partial charge in [0.2, 0.25) is 10.0 Å². The van der Waals surface area contributed by atoms with Gasteiger partial charge in [0.25, 0.3) is 0 Å². The Labute approximate surface area is 145 Å². The quantitative estimate of drug-likeness (QED) is 0.857. The molecule has 0 aliphatic heterocycles. The Morgan fingerprint density at radius 2 is 1.71 bits per heavy atom. The molecule has 1 atom stereocenters. The van der Waals surface area contributed by atoms with Crippen molar-refractivity contribution in [2.24, 2.45) is 0 Å². The van der Waals surface area contributed by atoms with Gasteiger partial charge in [0.05, 0.1) is 5.75 Å². The van der Waals surface area contributed by atoms with Crippen LogP contribution in [0, 0.1) is 0 Å². The molecule has 2 aromatic carbocycles. The third-order valence-corrected chi connectivity index (χ3v) is 6.06. The molecule has 0 amide bonds. The number of nitrogens with one attached hydrogen (secondary N) is 1. The van der Waals surface area contributed by atoms with Crippen LogP contribution in [0.2, 0.25) is 0 Å². The molecule has 0 radical (unpaired) electrons. The third-order valence-electron chi connectivity index (χ3n) is 4.70. The largest absolute Gasteiger partial charge is 0.216 e. The number of hydrogen-bond acceptors (Lipinski definition) is 2. The molecular weight excluding hydrogens is 318 g/mol. The van der Waals surface area contributed by atoms with Crippen molar-refractivity contribution >= 4 is 10.0 Å². The highest BCUT2D eigenvalue weighted by molar-refractivity contribution is 7.88. The molecule has 1 N–H and O–H groups in total. The maximum Gasteiger partial charge on any atom is 0.216 e. The predicted molar refractivity (Wildman–Crippen MR) is 98.3 cm³/mol. The van der Waals surface area contributed by atoms with E-state index in [-0.39, 0.29) is 11.8 Å². The number of rotatable bonds is 6. The monoisotopic (exact) mass is 343 g/mol. The van der Waals surface area contributed by atoms with Gasteiger partial charge in [0.15, 0.2) is 0 Å². The minimum Gasteiger partial charge on any atom is -0.212 e. The molecule has 0 aromatic heterocycles. The first kappa shape index (κ1) is 17.2. The van der Waals surface area contributed by atoms with Crippen molar-refractivity contribution in [3.05, 3.63) is 70.8 Å². The molecule has 1 aliphatic rings. The predicted octanol–water partition coefficient (Wildman–Crippen LogP) is 4.14. The van der Waals surface area contributed by atoms with E-state index >= 15 is 0 Å². The Morgan fingerprint density at radius 1 is 1.00 bits per heavy atom. The average molecular weight is 343 g/mol. The minimum atomic E-state index is -3.37. The van der Waals surface area contributed by atoms with Gasteiger partial charge in [-0.3, -0.25) is 0 Å². The van der Waals surface area contributed by atoms with Gasteiger partial charge in [-0.25, -0.2) is 13.1 Å². The fourth-order valence-electron chi connectivity index (χ4n) is 3.41. The van der Waals surface area contributed by atoms with E-state index in [0.29, 0.717) is 0 Å². The molecule has 0 saturated heterocycles. The fourth-order valence-corrected chi connectivity index (χ4v) is 4.86. The van der Waals surface area contributed by atoms with E-state index in [1.807, 2.05) is 37.3 Å². The van der Waals surface area contributed by atoms with Crippen LogP contribution < -0.4 is 4.72 Å². The highest BCUT2D eigenvalue weighted by Gasteiger charge is 2.20. The third kappa shape index (κ3) is 4.25. The average Bonchev–Trinajstić information content (AvgIpc) is 2.60. The van der Waals surface area contributed by atoms with Gasteiger partial charge in [0, 0.05) is 6.04 Å². The fraction of sp³-hybridized carbons (Fsp3) is 0.400. The van der Waals surface area contributed by atoms with Crippen molar-refractivity contribution in [2.75, 3.05) is 0 Å². The molecule has 3 nitrogen and oxygen atoms in total. The van der Waals surface area contributed by atoms with Crippen molar-refractivity contribution in [1.29, 1.82) is 0 Å². The Hall–Kier alpha value is -1.65. The van der Waals surface area contributed by atoms with E-state index in [9.17, 15) is 8.42 Å². The normalized spacial score (nSPS) is 15.7. The Balaban J connectivity index is 1.76. The molecule has 0 spiro atoms. The van der Waals surface area contributed by atoms with E-state index < -0.39 is 10.0 Å². The first-order valence-corrected chi connectivity index (χ1v) is 10.4. The topological polar surface area (TPSA) is 46.2 Å². The second-order valence-corrected chi connectivity index (χ2v) is 8.31. The zero-order chi connectivity index (χ0) is 17.0. The van der Waals surface area contributed by atoms with Crippen molar-refractivity contribution in [1.82, 2.24) is 4.72 Å². The summed E-state index contributed by atoms with van der Waals surface area (Å²) in [6.45, 7) is 2.02. The first-order chi connectivity index (χ1) is 11.6. The van der Waals surface area contributed by atoms with E-state index in [1.165, 1.54) is 24.0 Å². The summed E-state index contributed by atoms with van der Waals surface area (Å²) < 4.78 is 27.9. The zero-order valence-electron chi connectivity index (χ0n) is 14.2. The number of sulfonamides is 1. The number of hydrogen-bond donors (Lipinski definition) is 1. The zero-order valence-corrected chi connectivity index (χ0v) is 15.0. The van der Waals surface area contributed by atoms with Crippen LogP contribution in [0.3, 0.4) is 0 Å². The molecule has 4 heteroatoms. The molecule has 3 rings (SSSR count). The van der Waals surface area contributed by atoms with Crippen LogP contribution in [0.25, 0.3) is 0 Å². The van der Waals surface area contributed by atoms with Gasteiger partial charge in [-0.05, 0) is 54.4 Å². The highest BCUT2D eigenvalue weighted by Crippen LogP contribution is 2.26. The standard InChI is InChI=1S/C20H25NO2S/c1-2-20(19-13-12-17-10-6-7-11-18(17)14-19)21-24(22,23)15-16-8-4-3-5-9-16/h3-5,8-9,12-14,20-21H,2,6-7,10-11,15H2,1H3/t20-/m1/s1. The van der Waals surface area contributed by atoms with Gasteiger partial charge in [-0.1, -0.05) is 55.5 Å². The summed E-state index contributed by atoms with van der Waals surface area (Å²) >= 11 is 0. The molecule has 0 unspecified atom stereocenters. The molecular formula is C20H25NO2S.